The van der Waals surface area contributed by atoms with E-state index in [0.29, 0.717) is 15.1 Å². The SMILES string of the molecule is C=CN=C(NSc1cc(Cl)ccc1F)SC. The molecule has 0 spiro atoms. The van der Waals surface area contributed by atoms with Crippen LogP contribution in [-0.4, -0.2) is 11.4 Å². The minimum atomic E-state index is -0.319. The maximum atomic E-state index is 13.3. The second-order valence-electron chi connectivity index (χ2n) is 2.60. The lowest BCUT2D eigenvalue weighted by Gasteiger charge is -2.06. The molecule has 0 radical (unpaired) electrons. The Balaban J connectivity index is 2.70. The van der Waals surface area contributed by atoms with Crippen molar-refractivity contribution in [2.75, 3.05) is 6.26 Å². The summed E-state index contributed by atoms with van der Waals surface area (Å²) in [7, 11) is 0. The van der Waals surface area contributed by atoms with Crippen LogP contribution in [0, 0.1) is 5.82 Å². The summed E-state index contributed by atoms with van der Waals surface area (Å²) in [5.41, 5.74) is 0. The van der Waals surface area contributed by atoms with Crippen LogP contribution >= 0.6 is 35.3 Å². The van der Waals surface area contributed by atoms with E-state index in [2.05, 4.69) is 16.3 Å². The van der Waals surface area contributed by atoms with Gasteiger partial charge >= 0.3 is 0 Å². The Kier molecular flexibility index (Phi) is 5.73. The number of rotatable bonds is 3. The third kappa shape index (κ3) is 4.08. The average molecular weight is 277 g/mol. The Morgan fingerprint density at radius 1 is 1.62 bits per heavy atom. The Morgan fingerprint density at radius 2 is 2.38 bits per heavy atom. The third-order valence-electron chi connectivity index (χ3n) is 1.54. The molecule has 1 aromatic carbocycles. The van der Waals surface area contributed by atoms with Gasteiger partial charge in [0.25, 0.3) is 0 Å². The van der Waals surface area contributed by atoms with Crippen LogP contribution < -0.4 is 4.72 Å². The molecule has 1 N–H and O–H groups in total. The summed E-state index contributed by atoms with van der Waals surface area (Å²) in [6.45, 7) is 3.49. The van der Waals surface area contributed by atoms with Crippen LogP contribution in [0.5, 0.6) is 0 Å². The number of nitrogens with one attached hydrogen (secondary N) is 1. The summed E-state index contributed by atoms with van der Waals surface area (Å²) in [6.07, 6.45) is 3.29. The van der Waals surface area contributed by atoms with Crippen LogP contribution in [0.2, 0.25) is 5.02 Å². The molecule has 0 aliphatic rings. The molecule has 0 aromatic heterocycles. The van der Waals surface area contributed by atoms with Gasteiger partial charge in [-0.05, 0) is 36.4 Å². The molecule has 6 heteroatoms. The number of benzene rings is 1. The van der Waals surface area contributed by atoms with Crippen molar-refractivity contribution in [2.45, 2.75) is 4.90 Å². The topological polar surface area (TPSA) is 24.4 Å². The van der Waals surface area contributed by atoms with Crippen molar-refractivity contribution in [3.63, 3.8) is 0 Å². The molecule has 0 aliphatic carbocycles. The van der Waals surface area contributed by atoms with E-state index >= 15 is 0 Å². The Hall–Kier alpha value is -0.650. The molecule has 16 heavy (non-hydrogen) atoms. The first-order valence-electron chi connectivity index (χ1n) is 4.28. The summed E-state index contributed by atoms with van der Waals surface area (Å²) in [6, 6.07) is 4.39. The lowest BCUT2D eigenvalue weighted by molar-refractivity contribution is 0.602. The van der Waals surface area contributed by atoms with Crippen molar-refractivity contribution >= 4 is 40.5 Å². The van der Waals surface area contributed by atoms with Crippen molar-refractivity contribution < 1.29 is 4.39 Å². The Labute approximate surface area is 107 Å². The van der Waals surface area contributed by atoms with Crippen molar-refractivity contribution in [1.29, 1.82) is 0 Å². The van der Waals surface area contributed by atoms with Crippen molar-refractivity contribution in [1.82, 2.24) is 4.72 Å². The number of halogens is 2. The smallest absolute Gasteiger partial charge is 0.171 e. The Bertz CT molecular complexity index is 410. The highest BCUT2D eigenvalue weighted by Gasteiger charge is 2.05. The number of thioether (sulfide) groups is 1. The molecule has 86 valence electrons. The molecule has 2 nitrogen and oxygen atoms in total. The van der Waals surface area contributed by atoms with Crippen molar-refractivity contribution in [3.05, 3.63) is 41.8 Å². The zero-order valence-corrected chi connectivity index (χ0v) is 10.9. The van der Waals surface area contributed by atoms with Crippen LogP contribution in [0.25, 0.3) is 0 Å². The van der Waals surface area contributed by atoms with Crippen molar-refractivity contribution in [2.24, 2.45) is 4.99 Å². The lowest BCUT2D eigenvalue weighted by Crippen LogP contribution is -2.11. The van der Waals surface area contributed by atoms with Crippen LogP contribution in [-0.2, 0) is 0 Å². The summed E-state index contributed by atoms with van der Waals surface area (Å²) in [4.78, 5) is 4.39. The summed E-state index contributed by atoms with van der Waals surface area (Å²) < 4.78 is 16.2. The second-order valence-corrected chi connectivity index (χ2v) is 4.68. The van der Waals surface area contributed by atoms with Gasteiger partial charge in [0.1, 0.15) is 5.82 Å². The molecule has 1 rings (SSSR count). The standard InChI is InChI=1S/C10H10ClFN2S2/c1-3-13-10(15-2)14-16-9-6-7(11)4-5-8(9)12/h3-6H,1H2,2H3,(H,13,14). The van der Waals surface area contributed by atoms with Gasteiger partial charge in [-0.3, -0.25) is 0 Å². The van der Waals surface area contributed by atoms with Gasteiger partial charge in [-0.2, -0.15) is 0 Å². The summed E-state index contributed by atoms with van der Waals surface area (Å²) in [5, 5.41) is 1.15. The van der Waals surface area contributed by atoms with Crippen LogP contribution in [0.4, 0.5) is 4.39 Å². The van der Waals surface area contributed by atoms with Gasteiger partial charge in [-0.15, -0.1) is 0 Å². The monoisotopic (exact) mass is 276 g/mol. The van der Waals surface area contributed by atoms with Gasteiger partial charge in [0, 0.05) is 11.2 Å². The quantitative estimate of drug-likeness (QED) is 0.514. The number of aliphatic imine (C=N–C) groups is 1. The number of hydrogen-bond acceptors (Lipinski definition) is 3. The zero-order valence-electron chi connectivity index (χ0n) is 8.54. The van der Waals surface area contributed by atoms with E-state index in [4.69, 9.17) is 11.6 Å². The molecular weight excluding hydrogens is 267 g/mol. The summed E-state index contributed by atoms with van der Waals surface area (Å²) in [5.74, 6) is -0.319. The first kappa shape index (κ1) is 13.4. The Morgan fingerprint density at radius 3 is 3.00 bits per heavy atom. The second kappa shape index (κ2) is 6.83. The van der Waals surface area contributed by atoms with Crippen molar-refractivity contribution in [3.8, 4) is 0 Å². The molecule has 0 saturated heterocycles. The largest absolute Gasteiger partial charge is 0.305 e. The molecular formula is C10H10ClFN2S2. The van der Waals surface area contributed by atoms with E-state index in [-0.39, 0.29) is 5.82 Å². The minimum Gasteiger partial charge on any atom is -0.305 e. The molecule has 0 aliphatic heterocycles. The highest BCUT2D eigenvalue weighted by atomic mass is 35.5. The van der Waals surface area contributed by atoms with Crippen LogP contribution in [0.1, 0.15) is 0 Å². The average Bonchev–Trinajstić information content (AvgIpc) is 2.28. The third-order valence-corrected chi connectivity index (χ3v) is 3.33. The first-order chi connectivity index (χ1) is 7.67. The lowest BCUT2D eigenvalue weighted by atomic mass is 10.3. The van der Waals surface area contributed by atoms with Crippen LogP contribution in [0.15, 0.2) is 40.9 Å². The van der Waals surface area contributed by atoms with E-state index < -0.39 is 0 Å². The van der Waals surface area contributed by atoms with E-state index in [9.17, 15) is 4.39 Å². The minimum absolute atomic E-state index is 0.319. The maximum Gasteiger partial charge on any atom is 0.171 e. The van der Waals surface area contributed by atoms with Gasteiger partial charge in [-0.25, -0.2) is 9.38 Å². The molecule has 0 unspecified atom stereocenters. The highest BCUT2D eigenvalue weighted by Crippen LogP contribution is 2.23. The molecule has 0 bridgehead atoms. The fraction of sp³-hybridized carbons (Fsp3) is 0.100. The van der Waals surface area contributed by atoms with Crippen LogP contribution in [0.3, 0.4) is 0 Å². The summed E-state index contributed by atoms with van der Waals surface area (Å²) >= 11 is 8.31. The van der Waals surface area contributed by atoms with Gasteiger partial charge in [0.2, 0.25) is 0 Å². The fourth-order valence-electron chi connectivity index (χ4n) is 0.858. The number of hydrogen-bond donors (Lipinski definition) is 1. The molecule has 0 amide bonds. The molecule has 0 heterocycles. The predicted molar refractivity (Wildman–Crippen MR) is 71.5 cm³/mol. The molecule has 0 atom stereocenters. The van der Waals surface area contributed by atoms with E-state index in [0.717, 1.165) is 11.9 Å². The molecule has 1 aromatic rings. The normalized spacial score (nSPS) is 11.3. The number of amidine groups is 1. The van der Waals surface area contributed by atoms with Gasteiger partial charge in [0.15, 0.2) is 5.17 Å². The van der Waals surface area contributed by atoms with E-state index in [1.54, 1.807) is 6.07 Å². The highest BCUT2D eigenvalue weighted by molar-refractivity contribution is 8.14. The maximum absolute atomic E-state index is 13.3. The van der Waals surface area contributed by atoms with Gasteiger partial charge in [0.05, 0.1) is 4.90 Å². The predicted octanol–water partition coefficient (Wildman–Crippen LogP) is 3.94. The fourth-order valence-corrected chi connectivity index (χ4v) is 2.33. The number of nitrogens with zero attached hydrogens (tertiary/aromatic N) is 1. The molecule has 0 saturated carbocycles. The van der Waals surface area contributed by atoms with E-state index in [1.165, 1.54) is 30.1 Å². The molecule has 0 fully saturated rings. The van der Waals surface area contributed by atoms with Gasteiger partial charge < -0.3 is 4.72 Å². The zero-order chi connectivity index (χ0) is 12.0. The van der Waals surface area contributed by atoms with E-state index in [1.807, 2.05) is 6.26 Å². The first-order valence-corrected chi connectivity index (χ1v) is 6.70. The van der Waals surface area contributed by atoms with Gasteiger partial charge in [-0.1, -0.05) is 29.9 Å².